The lowest BCUT2D eigenvalue weighted by Gasteiger charge is -2.06. The smallest absolute Gasteiger partial charge is 0.423 e. The summed E-state index contributed by atoms with van der Waals surface area (Å²) in [6.07, 6.45) is 1.76. The molecule has 1 aromatic heterocycles. The highest BCUT2D eigenvalue weighted by molar-refractivity contribution is 7.98. The number of H-pyrrole nitrogens is 1. The van der Waals surface area contributed by atoms with Gasteiger partial charge in [0.25, 0.3) is 5.56 Å². The van der Waals surface area contributed by atoms with Gasteiger partial charge in [-0.2, -0.15) is 5.26 Å². The first kappa shape index (κ1) is 14.3. The zero-order valence-corrected chi connectivity index (χ0v) is 11.3. The van der Waals surface area contributed by atoms with Crippen LogP contribution in [0.15, 0.2) is 34.2 Å². The van der Waals surface area contributed by atoms with Crippen LogP contribution < -0.4 is 11.0 Å². The van der Waals surface area contributed by atoms with Crippen molar-refractivity contribution < 1.29 is 10.0 Å². The molecule has 0 fully saturated rings. The van der Waals surface area contributed by atoms with Gasteiger partial charge in [-0.1, -0.05) is 36.0 Å². The predicted molar refractivity (Wildman–Crippen MR) is 76.6 cm³/mol. The zero-order valence-electron chi connectivity index (χ0n) is 10.5. The van der Waals surface area contributed by atoms with E-state index < -0.39 is 12.7 Å². The van der Waals surface area contributed by atoms with Gasteiger partial charge in [-0.3, -0.25) is 4.79 Å². The van der Waals surface area contributed by atoms with Crippen molar-refractivity contribution in [3.63, 3.8) is 0 Å². The summed E-state index contributed by atoms with van der Waals surface area (Å²) in [5.41, 5.74) is 0.599. The second-order valence-corrected chi connectivity index (χ2v) is 4.70. The number of hydrogen-bond acceptors (Lipinski definition) is 6. The van der Waals surface area contributed by atoms with E-state index in [0.29, 0.717) is 16.2 Å². The fraction of sp³-hybridized carbons (Fsp3) is 0.0833. The summed E-state index contributed by atoms with van der Waals surface area (Å²) in [4.78, 5) is 18.5. The molecule has 0 aliphatic heterocycles. The first-order valence-corrected chi connectivity index (χ1v) is 6.84. The summed E-state index contributed by atoms with van der Waals surface area (Å²) in [5.74, 6) is 0. The number of rotatable bonds is 3. The van der Waals surface area contributed by atoms with Crippen molar-refractivity contribution in [3.8, 4) is 17.3 Å². The van der Waals surface area contributed by atoms with Crippen molar-refractivity contribution in [1.29, 1.82) is 5.26 Å². The average molecular weight is 287 g/mol. The molecule has 1 heterocycles. The van der Waals surface area contributed by atoms with Crippen LogP contribution in [0.5, 0.6) is 0 Å². The largest absolute Gasteiger partial charge is 0.488 e. The monoisotopic (exact) mass is 287 g/mol. The van der Waals surface area contributed by atoms with Gasteiger partial charge >= 0.3 is 7.12 Å². The minimum absolute atomic E-state index is 0.0694. The van der Waals surface area contributed by atoms with E-state index in [9.17, 15) is 4.79 Å². The predicted octanol–water partition coefficient (Wildman–Crippen LogP) is -0.290. The number of nitrogens with zero attached hydrogens (tertiary/aromatic N) is 2. The van der Waals surface area contributed by atoms with Gasteiger partial charge in [-0.25, -0.2) is 4.98 Å². The summed E-state index contributed by atoms with van der Waals surface area (Å²) in [5, 5.41) is 27.6. The Morgan fingerprint density at radius 1 is 1.35 bits per heavy atom. The number of aromatic nitrogens is 2. The number of benzene rings is 1. The molecule has 0 spiro atoms. The van der Waals surface area contributed by atoms with E-state index in [2.05, 4.69) is 9.97 Å². The molecule has 0 unspecified atom stereocenters. The molecule has 3 N–H and O–H groups in total. The highest BCUT2D eigenvalue weighted by Crippen LogP contribution is 2.20. The van der Waals surface area contributed by atoms with Crippen LogP contribution >= 0.6 is 11.8 Å². The molecule has 100 valence electrons. The Morgan fingerprint density at radius 2 is 2.00 bits per heavy atom. The number of nitrogens with one attached hydrogen (secondary N) is 1. The Bertz CT molecular complexity index is 722. The molecular weight excluding hydrogens is 277 g/mol. The fourth-order valence-corrected chi connectivity index (χ4v) is 2.05. The minimum Gasteiger partial charge on any atom is -0.423 e. The SMILES string of the molecule is CSc1nc(-c2ccc(B(O)O)cc2)c(C#N)c(=O)[nH]1. The van der Waals surface area contributed by atoms with Crippen molar-refractivity contribution in [2.24, 2.45) is 0 Å². The summed E-state index contributed by atoms with van der Waals surface area (Å²) in [6, 6.07) is 8.01. The second kappa shape index (κ2) is 5.92. The third-order valence-corrected chi connectivity index (χ3v) is 3.27. The van der Waals surface area contributed by atoms with E-state index in [0.717, 1.165) is 0 Å². The van der Waals surface area contributed by atoms with Crippen LogP contribution in [0.4, 0.5) is 0 Å². The molecule has 0 saturated carbocycles. The molecule has 2 aromatic rings. The van der Waals surface area contributed by atoms with Crippen molar-refractivity contribution in [2.75, 3.05) is 6.26 Å². The van der Waals surface area contributed by atoms with Crippen LogP contribution in [-0.4, -0.2) is 33.4 Å². The fourth-order valence-electron chi connectivity index (χ4n) is 1.67. The third kappa shape index (κ3) is 2.75. The van der Waals surface area contributed by atoms with Gasteiger partial charge in [0.05, 0.1) is 5.69 Å². The molecule has 8 heteroatoms. The molecule has 0 saturated heterocycles. The second-order valence-electron chi connectivity index (χ2n) is 3.91. The molecule has 0 aliphatic rings. The Balaban J connectivity index is 2.59. The quantitative estimate of drug-likeness (QED) is 0.406. The van der Waals surface area contributed by atoms with Crippen LogP contribution in [0.1, 0.15) is 5.56 Å². The molecule has 1 aromatic carbocycles. The highest BCUT2D eigenvalue weighted by atomic mass is 32.2. The van der Waals surface area contributed by atoms with Crippen LogP contribution in [0.25, 0.3) is 11.3 Å². The maximum Gasteiger partial charge on any atom is 0.488 e. The zero-order chi connectivity index (χ0) is 14.7. The normalized spacial score (nSPS) is 10.1. The van der Waals surface area contributed by atoms with Crippen molar-refractivity contribution in [2.45, 2.75) is 5.16 Å². The minimum atomic E-state index is -1.56. The van der Waals surface area contributed by atoms with Crippen LogP contribution in [0, 0.1) is 11.3 Å². The van der Waals surface area contributed by atoms with E-state index in [-0.39, 0.29) is 11.3 Å². The average Bonchev–Trinajstić information content (AvgIpc) is 2.46. The van der Waals surface area contributed by atoms with Gasteiger partial charge in [0.2, 0.25) is 0 Å². The Labute approximate surface area is 119 Å². The molecular formula is C12H10BN3O3S. The van der Waals surface area contributed by atoms with Gasteiger partial charge in [0.1, 0.15) is 11.6 Å². The van der Waals surface area contributed by atoms with Crippen LogP contribution in [0.2, 0.25) is 0 Å². The topological polar surface area (TPSA) is 110 Å². The Morgan fingerprint density at radius 3 is 2.50 bits per heavy atom. The number of aromatic amines is 1. The van der Waals surface area contributed by atoms with E-state index in [1.54, 1.807) is 18.4 Å². The number of thioether (sulfide) groups is 1. The lowest BCUT2D eigenvalue weighted by atomic mass is 9.80. The van der Waals surface area contributed by atoms with Gasteiger partial charge in [-0.15, -0.1) is 0 Å². The van der Waals surface area contributed by atoms with Gasteiger partial charge in [0.15, 0.2) is 5.16 Å². The molecule has 2 rings (SSSR count). The summed E-state index contributed by atoms with van der Waals surface area (Å²) >= 11 is 1.26. The van der Waals surface area contributed by atoms with Crippen molar-refractivity contribution >= 4 is 24.3 Å². The first-order chi connectivity index (χ1) is 9.56. The van der Waals surface area contributed by atoms with E-state index in [4.69, 9.17) is 15.3 Å². The molecule has 0 atom stereocenters. The molecule has 20 heavy (non-hydrogen) atoms. The van der Waals surface area contributed by atoms with Crippen molar-refractivity contribution in [1.82, 2.24) is 9.97 Å². The van der Waals surface area contributed by atoms with Gasteiger partial charge in [0, 0.05) is 5.56 Å². The maximum atomic E-state index is 11.8. The maximum absolute atomic E-state index is 11.8. The lowest BCUT2D eigenvalue weighted by Crippen LogP contribution is -2.29. The highest BCUT2D eigenvalue weighted by Gasteiger charge is 2.15. The summed E-state index contributed by atoms with van der Waals surface area (Å²) < 4.78 is 0. The van der Waals surface area contributed by atoms with Gasteiger partial charge < -0.3 is 15.0 Å². The van der Waals surface area contributed by atoms with E-state index in [1.165, 1.54) is 23.9 Å². The Kier molecular flexibility index (Phi) is 4.24. The number of nitriles is 1. The lowest BCUT2D eigenvalue weighted by molar-refractivity contribution is 0.426. The van der Waals surface area contributed by atoms with Crippen molar-refractivity contribution in [3.05, 3.63) is 40.2 Å². The first-order valence-electron chi connectivity index (χ1n) is 5.61. The van der Waals surface area contributed by atoms with Gasteiger partial charge in [-0.05, 0) is 11.7 Å². The molecule has 0 aliphatic carbocycles. The Hall–Kier alpha value is -2.08. The number of hydrogen-bond donors (Lipinski definition) is 3. The standard InChI is InChI=1S/C12H10BN3O3S/c1-20-12-15-10(9(6-14)11(17)16-12)7-2-4-8(5-3-7)13(18)19/h2-5,18-19H,1H3,(H,15,16,17). The van der Waals surface area contributed by atoms with E-state index in [1.807, 2.05) is 6.07 Å². The van der Waals surface area contributed by atoms with Crippen LogP contribution in [-0.2, 0) is 0 Å². The molecule has 0 bridgehead atoms. The third-order valence-electron chi connectivity index (χ3n) is 2.69. The molecule has 6 nitrogen and oxygen atoms in total. The van der Waals surface area contributed by atoms with Crippen LogP contribution in [0.3, 0.4) is 0 Å². The summed E-state index contributed by atoms with van der Waals surface area (Å²) in [6.45, 7) is 0. The molecule has 0 amide bonds. The van der Waals surface area contributed by atoms with E-state index >= 15 is 0 Å². The molecule has 0 radical (unpaired) electrons. The summed E-state index contributed by atoms with van der Waals surface area (Å²) in [7, 11) is -1.56.